The first kappa shape index (κ1) is 22.7. The highest BCUT2D eigenvalue weighted by Crippen LogP contribution is 2.32. The highest BCUT2D eigenvalue weighted by Gasteiger charge is 2.24. The summed E-state index contributed by atoms with van der Waals surface area (Å²) in [6, 6.07) is 3.99. The maximum absolute atomic E-state index is 12.3. The van der Waals surface area contributed by atoms with Crippen molar-refractivity contribution >= 4 is 29.6 Å². The summed E-state index contributed by atoms with van der Waals surface area (Å²) in [6.45, 7) is 5.19. The lowest BCUT2D eigenvalue weighted by Gasteiger charge is -2.19. The summed E-state index contributed by atoms with van der Waals surface area (Å²) in [5, 5.41) is 4.54. The number of amides is 3. The van der Waals surface area contributed by atoms with Gasteiger partial charge in [-0.15, -0.1) is 0 Å². The van der Waals surface area contributed by atoms with E-state index in [1.54, 1.807) is 39.0 Å². The third-order valence-electron chi connectivity index (χ3n) is 4.51. The van der Waals surface area contributed by atoms with Crippen LogP contribution in [-0.2, 0) is 14.3 Å². The van der Waals surface area contributed by atoms with Crippen molar-refractivity contribution in [2.75, 3.05) is 31.7 Å². The lowest BCUT2D eigenvalue weighted by Crippen LogP contribution is -2.37. The number of urea groups is 1. The standard InChI is InChI=1S/C21H23N3O8/c1-4-29-19(26)17-11(2)18(22-12(17)3)20(27)32-10-16(25)24-21(28)23-13-5-6-14-15(9-13)31-8-7-30-14/h5-6,9,22H,4,7-8,10H2,1-3H3,(H2,23,24,25,28). The number of H-pyrrole nitrogens is 1. The zero-order valence-corrected chi connectivity index (χ0v) is 17.8. The molecule has 0 unspecified atom stereocenters. The maximum atomic E-state index is 12.3. The van der Waals surface area contributed by atoms with Crippen LogP contribution in [0.15, 0.2) is 18.2 Å². The fourth-order valence-corrected chi connectivity index (χ4v) is 3.11. The monoisotopic (exact) mass is 445 g/mol. The van der Waals surface area contributed by atoms with Gasteiger partial charge in [-0.3, -0.25) is 10.1 Å². The summed E-state index contributed by atoms with van der Waals surface area (Å²) < 4.78 is 20.7. The molecule has 2 heterocycles. The summed E-state index contributed by atoms with van der Waals surface area (Å²) >= 11 is 0. The Labute approximate surface area is 183 Å². The first-order chi connectivity index (χ1) is 15.3. The topological polar surface area (TPSA) is 145 Å². The van der Waals surface area contributed by atoms with Crippen molar-refractivity contribution in [3.8, 4) is 11.5 Å². The molecule has 1 aliphatic rings. The molecule has 0 atom stereocenters. The zero-order chi connectivity index (χ0) is 23.3. The summed E-state index contributed by atoms with van der Waals surface area (Å²) in [6.07, 6.45) is 0. The highest BCUT2D eigenvalue weighted by molar-refractivity contribution is 6.03. The van der Waals surface area contributed by atoms with Crippen LogP contribution in [0.2, 0.25) is 0 Å². The molecule has 0 aliphatic carbocycles. The third-order valence-corrected chi connectivity index (χ3v) is 4.51. The summed E-state index contributed by atoms with van der Waals surface area (Å²) in [4.78, 5) is 51.1. The van der Waals surface area contributed by atoms with E-state index in [0.717, 1.165) is 0 Å². The Bertz CT molecular complexity index is 1060. The molecule has 0 fully saturated rings. The van der Waals surface area contributed by atoms with Crippen LogP contribution in [0.1, 0.15) is 39.0 Å². The Morgan fingerprint density at radius 2 is 1.75 bits per heavy atom. The molecule has 32 heavy (non-hydrogen) atoms. The second-order valence-corrected chi connectivity index (χ2v) is 6.78. The molecule has 0 spiro atoms. The van der Waals surface area contributed by atoms with E-state index in [1.165, 1.54) is 0 Å². The van der Waals surface area contributed by atoms with Gasteiger partial charge in [0.2, 0.25) is 0 Å². The molecule has 3 rings (SSSR count). The van der Waals surface area contributed by atoms with Crippen LogP contribution in [0.5, 0.6) is 11.5 Å². The molecule has 0 bridgehead atoms. The molecule has 1 aromatic heterocycles. The number of esters is 2. The molecule has 11 nitrogen and oxygen atoms in total. The first-order valence-electron chi connectivity index (χ1n) is 9.84. The maximum Gasteiger partial charge on any atom is 0.355 e. The Hall–Kier alpha value is -4.02. The van der Waals surface area contributed by atoms with Gasteiger partial charge in [0, 0.05) is 17.4 Å². The number of fused-ring (bicyclic) bond motifs is 1. The van der Waals surface area contributed by atoms with E-state index in [2.05, 4.69) is 15.6 Å². The van der Waals surface area contributed by atoms with Gasteiger partial charge in [-0.2, -0.15) is 0 Å². The van der Waals surface area contributed by atoms with E-state index >= 15 is 0 Å². The van der Waals surface area contributed by atoms with Crippen molar-refractivity contribution in [2.24, 2.45) is 0 Å². The Morgan fingerprint density at radius 3 is 2.47 bits per heavy atom. The van der Waals surface area contributed by atoms with Gasteiger partial charge in [-0.05, 0) is 38.5 Å². The molecule has 1 aliphatic heterocycles. The van der Waals surface area contributed by atoms with Crippen LogP contribution in [0, 0.1) is 13.8 Å². The summed E-state index contributed by atoms with van der Waals surface area (Å²) in [7, 11) is 0. The quantitative estimate of drug-likeness (QED) is 0.573. The minimum atomic E-state index is -0.844. The summed E-state index contributed by atoms with van der Waals surface area (Å²) in [5.41, 5.74) is 1.44. The average molecular weight is 445 g/mol. The molecule has 1 aromatic carbocycles. The number of carbonyl (C=O) groups excluding carboxylic acids is 4. The number of hydrogen-bond acceptors (Lipinski definition) is 8. The molecule has 0 saturated heterocycles. The van der Waals surface area contributed by atoms with Gasteiger partial charge in [0.1, 0.15) is 18.9 Å². The van der Waals surface area contributed by atoms with E-state index in [-0.39, 0.29) is 17.9 Å². The van der Waals surface area contributed by atoms with Crippen molar-refractivity contribution in [1.29, 1.82) is 0 Å². The van der Waals surface area contributed by atoms with E-state index in [4.69, 9.17) is 18.9 Å². The minimum Gasteiger partial charge on any atom is -0.486 e. The number of aromatic nitrogens is 1. The molecular weight excluding hydrogens is 422 g/mol. The lowest BCUT2D eigenvalue weighted by molar-refractivity contribution is -0.123. The Kier molecular flexibility index (Phi) is 6.98. The number of nitrogens with one attached hydrogen (secondary N) is 3. The second-order valence-electron chi connectivity index (χ2n) is 6.78. The van der Waals surface area contributed by atoms with Crippen molar-refractivity contribution in [3.05, 3.63) is 40.7 Å². The van der Waals surface area contributed by atoms with E-state index in [1.807, 2.05) is 0 Å². The smallest absolute Gasteiger partial charge is 0.355 e. The number of rotatable bonds is 6. The third kappa shape index (κ3) is 5.17. The Balaban J connectivity index is 1.52. The largest absolute Gasteiger partial charge is 0.486 e. The van der Waals surface area contributed by atoms with Crippen LogP contribution in [-0.4, -0.2) is 55.3 Å². The molecule has 11 heteroatoms. The number of aromatic amines is 1. The number of benzene rings is 1. The highest BCUT2D eigenvalue weighted by atomic mass is 16.6. The van der Waals surface area contributed by atoms with Gasteiger partial charge in [-0.1, -0.05) is 0 Å². The van der Waals surface area contributed by atoms with Crippen LogP contribution >= 0.6 is 0 Å². The van der Waals surface area contributed by atoms with Crippen LogP contribution in [0.3, 0.4) is 0 Å². The van der Waals surface area contributed by atoms with E-state index in [0.29, 0.717) is 41.7 Å². The van der Waals surface area contributed by atoms with E-state index < -0.39 is 30.5 Å². The fraction of sp³-hybridized carbons (Fsp3) is 0.333. The fourth-order valence-electron chi connectivity index (χ4n) is 3.11. The van der Waals surface area contributed by atoms with Gasteiger partial charge in [-0.25, -0.2) is 14.4 Å². The number of hydrogen-bond donors (Lipinski definition) is 3. The predicted molar refractivity (Wildman–Crippen MR) is 111 cm³/mol. The van der Waals surface area contributed by atoms with Crippen molar-refractivity contribution in [1.82, 2.24) is 10.3 Å². The summed E-state index contributed by atoms with van der Waals surface area (Å²) in [5.74, 6) is -1.20. The van der Waals surface area contributed by atoms with Crippen molar-refractivity contribution in [3.63, 3.8) is 0 Å². The van der Waals surface area contributed by atoms with Crippen molar-refractivity contribution in [2.45, 2.75) is 20.8 Å². The number of carbonyl (C=O) groups is 4. The second kappa shape index (κ2) is 9.86. The van der Waals surface area contributed by atoms with Gasteiger partial charge in [0.15, 0.2) is 18.1 Å². The van der Waals surface area contributed by atoms with Crippen LogP contribution in [0.4, 0.5) is 10.5 Å². The normalized spacial score (nSPS) is 12.0. The molecule has 3 N–H and O–H groups in total. The SMILES string of the molecule is CCOC(=O)c1c(C)[nH]c(C(=O)OCC(=O)NC(=O)Nc2ccc3c(c2)OCCO3)c1C. The van der Waals surface area contributed by atoms with Gasteiger partial charge < -0.3 is 29.2 Å². The van der Waals surface area contributed by atoms with Crippen molar-refractivity contribution < 1.29 is 38.1 Å². The van der Waals surface area contributed by atoms with Crippen LogP contribution < -0.4 is 20.1 Å². The first-order valence-corrected chi connectivity index (χ1v) is 9.84. The van der Waals surface area contributed by atoms with Gasteiger partial charge in [0.05, 0.1) is 12.2 Å². The molecular formula is C21H23N3O8. The predicted octanol–water partition coefficient (Wildman–Crippen LogP) is 2.08. The molecule has 3 amide bonds. The molecule has 0 saturated carbocycles. The zero-order valence-electron chi connectivity index (χ0n) is 17.8. The number of imide groups is 1. The molecule has 170 valence electrons. The molecule has 2 aromatic rings. The Morgan fingerprint density at radius 1 is 1.03 bits per heavy atom. The minimum absolute atomic E-state index is 0.0269. The lowest BCUT2D eigenvalue weighted by atomic mass is 10.1. The number of aryl methyl sites for hydroxylation is 1. The molecule has 0 radical (unpaired) electrons. The van der Waals surface area contributed by atoms with E-state index in [9.17, 15) is 19.2 Å². The number of ether oxygens (including phenoxy) is 4. The van der Waals surface area contributed by atoms with Gasteiger partial charge in [0.25, 0.3) is 5.91 Å². The van der Waals surface area contributed by atoms with Crippen LogP contribution in [0.25, 0.3) is 0 Å². The average Bonchev–Trinajstić information content (AvgIpc) is 3.06. The van der Waals surface area contributed by atoms with Gasteiger partial charge >= 0.3 is 18.0 Å². The number of anilines is 1.